The van der Waals surface area contributed by atoms with Crippen LogP contribution in [-0.4, -0.2) is 107 Å². The summed E-state index contributed by atoms with van der Waals surface area (Å²) in [6.45, 7) is 9.19. The number of anilines is 2. The first-order valence-corrected chi connectivity index (χ1v) is 16.9. The third kappa shape index (κ3) is 6.74. The molecule has 49 heavy (non-hydrogen) atoms. The van der Waals surface area contributed by atoms with E-state index in [9.17, 15) is 10.1 Å². The molecule has 3 aliphatic rings. The molecule has 0 bridgehead atoms. The molecule has 2 saturated heterocycles. The number of ether oxygens (including phenoxy) is 2. The smallest absolute Gasteiger partial charge is 0.318 e. The van der Waals surface area contributed by atoms with Crippen molar-refractivity contribution >= 4 is 45.4 Å². The van der Waals surface area contributed by atoms with Crippen molar-refractivity contribution in [2.45, 2.75) is 31.5 Å². The first-order valence-electron chi connectivity index (χ1n) is 16.5. The number of nitrogens with zero attached hydrogens (tertiary/aromatic N) is 9. The molecular formula is C36H38ClN9O3. The molecule has 0 radical (unpaired) electrons. The third-order valence-corrected chi connectivity index (χ3v) is 9.97. The van der Waals surface area contributed by atoms with Crippen LogP contribution in [0.4, 0.5) is 11.5 Å². The van der Waals surface area contributed by atoms with Gasteiger partial charge in [-0.25, -0.2) is 9.97 Å². The second kappa shape index (κ2) is 14.3. The molecule has 4 aromatic rings. The largest absolute Gasteiger partial charge is 0.462 e. The number of likely N-dealkylation sites (N-methyl/N-ethyl adjacent to an activating group) is 1. The Balaban J connectivity index is 1.19. The van der Waals surface area contributed by atoms with Gasteiger partial charge >= 0.3 is 6.01 Å². The minimum Gasteiger partial charge on any atom is -0.462 e. The third-order valence-electron chi connectivity index (χ3n) is 9.66. The second-order valence-corrected chi connectivity index (χ2v) is 13.0. The summed E-state index contributed by atoms with van der Waals surface area (Å²) in [6.07, 6.45) is 5.43. The van der Waals surface area contributed by atoms with Gasteiger partial charge in [0.1, 0.15) is 18.8 Å². The van der Waals surface area contributed by atoms with E-state index in [-0.39, 0.29) is 24.4 Å². The molecule has 12 nitrogen and oxygen atoms in total. The molecule has 3 aliphatic heterocycles. The maximum atomic E-state index is 13.6. The molecule has 252 valence electrons. The van der Waals surface area contributed by atoms with Crippen LogP contribution in [-0.2, 0) is 22.5 Å². The van der Waals surface area contributed by atoms with Crippen molar-refractivity contribution < 1.29 is 14.3 Å². The minimum absolute atomic E-state index is 0.0869. The number of hydrogen-bond donors (Lipinski definition) is 0. The van der Waals surface area contributed by atoms with Gasteiger partial charge in [0.15, 0.2) is 0 Å². The van der Waals surface area contributed by atoms with E-state index in [0.717, 1.165) is 46.6 Å². The Kier molecular flexibility index (Phi) is 9.57. The average molecular weight is 680 g/mol. The maximum Gasteiger partial charge on any atom is 0.318 e. The molecule has 0 saturated carbocycles. The fourth-order valence-electron chi connectivity index (χ4n) is 6.89. The molecule has 0 spiro atoms. The van der Waals surface area contributed by atoms with Gasteiger partial charge in [-0.3, -0.25) is 9.69 Å². The molecule has 2 aromatic carbocycles. The molecule has 0 aliphatic carbocycles. The van der Waals surface area contributed by atoms with Crippen LogP contribution in [0.5, 0.6) is 6.01 Å². The van der Waals surface area contributed by atoms with Crippen molar-refractivity contribution in [3.63, 3.8) is 0 Å². The van der Waals surface area contributed by atoms with Crippen LogP contribution in [0.3, 0.4) is 0 Å². The second-order valence-electron chi connectivity index (χ2n) is 12.6. The zero-order valence-electron chi connectivity index (χ0n) is 27.5. The average Bonchev–Trinajstić information content (AvgIpc) is 3.13. The number of aromatic nitrogens is 4. The lowest BCUT2D eigenvalue weighted by atomic mass is 10.0. The van der Waals surface area contributed by atoms with Gasteiger partial charge in [0.05, 0.1) is 55.0 Å². The Labute approximate surface area is 290 Å². The van der Waals surface area contributed by atoms with E-state index in [0.29, 0.717) is 74.6 Å². The number of nitriles is 1. The van der Waals surface area contributed by atoms with Crippen LogP contribution >= 0.6 is 11.6 Å². The maximum absolute atomic E-state index is 13.6. The van der Waals surface area contributed by atoms with Crippen LogP contribution in [0.15, 0.2) is 61.7 Å². The first-order chi connectivity index (χ1) is 23.9. The summed E-state index contributed by atoms with van der Waals surface area (Å²) >= 11 is 6.73. The number of halogens is 1. The predicted molar refractivity (Wildman–Crippen MR) is 187 cm³/mol. The van der Waals surface area contributed by atoms with Gasteiger partial charge in [0.25, 0.3) is 5.91 Å². The lowest BCUT2D eigenvalue weighted by Gasteiger charge is -2.42. The van der Waals surface area contributed by atoms with E-state index >= 15 is 0 Å². The van der Waals surface area contributed by atoms with Crippen molar-refractivity contribution in [3.05, 3.63) is 83.5 Å². The molecule has 1 amide bonds. The fourth-order valence-corrected chi connectivity index (χ4v) is 7.17. The van der Waals surface area contributed by atoms with E-state index in [4.69, 9.17) is 31.0 Å². The highest BCUT2D eigenvalue weighted by Crippen LogP contribution is 2.37. The number of carbonyl (C=O) groups is 1. The van der Waals surface area contributed by atoms with Gasteiger partial charge in [-0.1, -0.05) is 42.4 Å². The van der Waals surface area contributed by atoms with Crippen molar-refractivity contribution in [2.75, 3.05) is 69.4 Å². The highest BCUT2D eigenvalue weighted by molar-refractivity contribution is 6.36. The Morgan fingerprint density at radius 2 is 1.90 bits per heavy atom. The number of benzene rings is 2. The van der Waals surface area contributed by atoms with E-state index in [2.05, 4.69) is 68.6 Å². The lowest BCUT2D eigenvalue weighted by molar-refractivity contribution is -0.127. The van der Waals surface area contributed by atoms with Gasteiger partial charge < -0.3 is 24.2 Å². The van der Waals surface area contributed by atoms with E-state index in [1.165, 1.54) is 6.33 Å². The summed E-state index contributed by atoms with van der Waals surface area (Å²) in [6, 6.07) is 14.5. The summed E-state index contributed by atoms with van der Waals surface area (Å²) < 4.78 is 12.0. The number of fused-ring (bicyclic) bond motifs is 2. The number of rotatable bonds is 8. The van der Waals surface area contributed by atoms with Crippen molar-refractivity contribution in [3.8, 4) is 12.1 Å². The normalized spacial score (nSPS) is 19.7. The number of morpholine rings is 1. The number of amides is 1. The topological polar surface area (TPSA) is 124 Å². The Hall–Kier alpha value is -4.83. The Bertz CT molecular complexity index is 1900. The summed E-state index contributed by atoms with van der Waals surface area (Å²) in [4.78, 5) is 40.1. The highest BCUT2D eigenvalue weighted by Gasteiger charge is 2.35. The van der Waals surface area contributed by atoms with E-state index in [1.54, 1.807) is 17.3 Å². The number of hydrogen-bond acceptors (Lipinski definition) is 11. The molecule has 5 heterocycles. The van der Waals surface area contributed by atoms with Crippen molar-refractivity contribution in [1.29, 1.82) is 5.26 Å². The standard InChI is InChI=1S/C36H38ClN9O3/c1-24(26-17-39-23-40-18-26)35(47)46-14-13-45(19-27(46)9-11-38)34-29-10-12-44(32-8-4-6-25-5-3-7-30(37)33(25)32)20-31(29)41-36(42-34)49-22-28-21-48-16-15-43(28)2/h3-8,17-18,23,27-28H,1,9-10,12-16,19-22H2,2H3/t27-,28-/m0/s1. The van der Waals surface area contributed by atoms with Gasteiger partial charge in [-0.15, -0.1) is 0 Å². The van der Waals surface area contributed by atoms with Crippen LogP contribution in [0.25, 0.3) is 16.3 Å². The van der Waals surface area contributed by atoms with Gasteiger partial charge in [0, 0.05) is 72.9 Å². The first kappa shape index (κ1) is 32.7. The monoisotopic (exact) mass is 679 g/mol. The Morgan fingerprint density at radius 3 is 2.69 bits per heavy atom. The SMILES string of the molecule is C=C(C(=O)N1CCN(c2nc(OC[C@@H]3COCCN3C)nc3c2CCN(c2cccc4cccc(Cl)c24)C3)C[C@@H]1CC#N)c1cncnc1. The molecule has 13 heteroatoms. The summed E-state index contributed by atoms with van der Waals surface area (Å²) in [5, 5.41) is 12.6. The van der Waals surface area contributed by atoms with Gasteiger partial charge in [-0.2, -0.15) is 15.2 Å². The molecule has 2 aromatic heterocycles. The molecular weight excluding hydrogens is 642 g/mol. The number of carbonyl (C=O) groups excluding carboxylic acids is 1. The molecule has 2 atom stereocenters. The van der Waals surface area contributed by atoms with Crippen LogP contribution in [0, 0.1) is 11.3 Å². The summed E-state index contributed by atoms with van der Waals surface area (Å²) in [5.74, 6) is 0.556. The molecule has 0 N–H and O–H groups in total. The molecule has 7 rings (SSSR count). The molecule has 0 unspecified atom stereocenters. The summed E-state index contributed by atoms with van der Waals surface area (Å²) in [5.41, 5.74) is 3.86. The van der Waals surface area contributed by atoms with Gasteiger partial charge in [-0.05, 0) is 31.0 Å². The zero-order chi connectivity index (χ0) is 33.9. The summed E-state index contributed by atoms with van der Waals surface area (Å²) in [7, 11) is 2.07. The van der Waals surface area contributed by atoms with E-state index < -0.39 is 0 Å². The number of piperazine rings is 1. The van der Waals surface area contributed by atoms with Crippen molar-refractivity contribution in [2.24, 2.45) is 0 Å². The van der Waals surface area contributed by atoms with Crippen LogP contribution < -0.4 is 14.5 Å². The predicted octanol–water partition coefficient (Wildman–Crippen LogP) is 3.99. The quantitative estimate of drug-likeness (QED) is 0.251. The Morgan fingerprint density at radius 1 is 1.08 bits per heavy atom. The van der Waals surface area contributed by atoms with Crippen LogP contribution in [0.2, 0.25) is 5.02 Å². The minimum atomic E-state index is -0.367. The van der Waals surface area contributed by atoms with E-state index in [1.807, 2.05) is 12.1 Å². The highest BCUT2D eigenvalue weighted by atomic mass is 35.5. The van der Waals surface area contributed by atoms with Gasteiger partial charge in [0.2, 0.25) is 0 Å². The van der Waals surface area contributed by atoms with Crippen LogP contribution in [0.1, 0.15) is 23.2 Å². The molecule has 2 fully saturated rings. The fraction of sp³-hybridized carbons (Fsp3) is 0.389. The lowest BCUT2D eigenvalue weighted by Crippen LogP contribution is -2.56. The zero-order valence-corrected chi connectivity index (χ0v) is 28.2. The van der Waals surface area contributed by atoms with Crippen molar-refractivity contribution in [1.82, 2.24) is 29.7 Å².